The van der Waals surface area contributed by atoms with Gasteiger partial charge in [0.25, 0.3) is 29.5 Å². The molecule has 1 saturated carbocycles. The van der Waals surface area contributed by atoms with Crippen LogP contribution in [-0.2, 0) is 75.8 Å². The molecule has 24 heteroatoms. The summed E-state index contributed by atoms with van der Waals surface area (Å²) in [6.07, 6.45) is 3.06. The summed E-state index contributed by atoms with van der Waals surface area (Å²) in [5.41, 5.74) is 32.7. The molecule has 0 radical (unpaired) electrons. The molecule has 1 aliphatic carbocycles. The summed E-state index contributed by atoms with van der Waals surface area (Å²) in [5.74, 6) is 0.207. The van der Waals surface area contributed by atoms with Crippen LogP contribution < -0.4 is 33.6 Å². The first-order valence-corrected chi connectivity index (χ1v) is 46.3. The maximum absolute atomic E-state index is 14.0. The second-order valence-electron chi connectivity index (χ2n) is 33.8. The van der Waals surface area contributed by atoms with E-state index in [0.29, 0.717) is 43.9 Å². The number of hydrogen-bond acceptors (Lipinski definition) is 16. The van der Waals surface area contributed by atoms with Gasteiger partial charge >= 0.3 is 0 Å². The number of guanidine groups is 4. The predicted molar refractivity (Wildman–Crippen MR) is 520 cm³/mol. The number of nitrogens with two attached hydrogens (primary N) is 4. The van der Waals surface area contributed by atoms with Crippen molar-refractivity contribution in [3.63, 3.8) is 0 Å². The third kappa shape index (κ3) is 19.1. The van der Waals surface area contributed by atoms with Crippen LogP contribution in [0.1, 0.15) is 134 Å². The van der Waals surface area contributed by atoms with E-state index in [2.05, 4.69) is 27.8 Å². The van der Waals surface area contributed by atoms with Crippen molar-refractivity contribution < 1.29 is 37.2 Å². The number of carbonyl (C=O) groups is 6. The van der Waals surface area contributed by atoms with E-state index >= 15 is 0 Å². The van der Waals surface area contributed by atoms with E-state index in [1.807, 2.05) is 372 Å². The molecule has 5 heterocycles. The van der Waals surface area contributed by atoms with Crippen LogP contribution in [0.5, 0.6) is 0 Å². The van der Waals surface area contributed by atoms with Crippen molar-refractivity contribution in [3.8, 4) is 0 Å². The van der Waals surface area contributed by atoms with E-state index in [1.54, 1.807) is 26.2 Å². The summed E-state index contributed by atoms with van der Waals surface area (Å²) in [5, 5.41) is 6.09. The van der Waals surface area contributed by atoms with Gasteiger partial charge in [-0.3, -0.25) is 48.4 Å². The Hall–Kier alpha value is -15.5. The highest BCUT2D eigenvalue weighted by atomic mass is 32.2. The van der Waals surface area contributed by atoms with Crippen molar-refractivity contribution in [3.05, 3.63) is 460 Å². The number of hydrogen-bond donors (Lipinski definition) is 6. The molecular formula is C109H105N15O8S. The molecule has 13 aromatic rings. The monoisotopic (exact) mass is 1780 g/mol. The molecule has 6 amide bonds. The van der Waals surface area contributed by atoms with Gasteiger partial charge in [-0.1, -0.05) is 365 Å². The lowest BCUT2D eigenvalue weighted by molar-refractivity contribution is -0.131. The molecule has 6 aliphatic rings. The van der Waals surface area contributed by atoms with Gasteiger partial charge in [0.1, 0.15) is 0 Å². The number of sulfonamides is 1. The average molecular weight is 1790 g/mol. The fourth-order valence-corrected chi connectivity index (χ4v) is 19.8. The van der Waals surface area contributed by atoms with Crippen molar-refractivity contribution in [1.82, 2.24) is 29.2 Å². The van der Waals surface area contributed by atoms with Crippen molar-refractivity contribution >= 4 is 75.0 Å². The predicted octanol–water partition coefficient (Wildman–Crippen LogP) is 15.6. The molecule has 23 nitrogen and oxygen atoms in total. The van der Waals surface area contributed by atoms with Crippen LogP contribution >= 0.6 is 0 Å². The van der Waals surface area contributed by atoms with Crippen LogP contribution in [0, 0.1) is 11.8 Å². The third-order valence-corrected chi connectivity index (χ3v) is 27.1. The number of carbonyl (C=O) groups excluding carboxylic acids is 6. The van der Waals surface area contributed by atoms with Gasteiger partial charge in [-0.05, 0) is 141 Å². The van der Waals surface area contributed by atoms with Crippen molar-refractivity contribution in [2.75, 3.05) is 30.7 Å². The lowest BCUT2D eigenvalue weighted by atomic mass is 9.82. The van der Waals surface area contributed by atoms with Crippen LogP contribution in [0.4, 0.5) is 5.69 Å². The quantitative estimate of drug-likeness (QED) is 0.0311. The molecule has 2 fully saturated rings. The van der Waals surface area contributed by atoms with E-state index in [9.17, 15) is 37.2 Å². The lowest BCUT2D eigenvalue weighted by Crippen LogP contribution is -2.49. The summed E-state index contributed by atoms with van der Waals surface area (Å²) in [6, 6.07) is 121. The number of aliphatic imine (C=N–C) groups is 4. The smallest absolute Gasteiger partial charge is 0.266 e. The highest BCUT2D eigenvalue weighted by molar-refractivity contribution is 7.89. The molecule has 2 unspecified atom stereocenters. The van der Waals surface area contributed by atoms with Crippen LogP contribution in [0.3, 0.4) is 0 Å². The molecule has 4 atom stereocenters. The molecule has 19 rings (SSSR count). The highest BCUT2D eigenvalue weighted by Crippen LogP contribution is 2.49. The second-order valence-corrected chi connectivity index (χ2v) is 35.9. The Morgan fingerprint density at radius 1 is 0.406 bits per heavy atom. The minimum Gasteiger partial charge on any atom is -0.369 e. The highest BCUT2D eigenvalue weighted by Gasteiger charge is 2.55. The van der Waals surface area contributed by atoms with E-state index in [-0.39, 0.29) is 102 Å². The molecule has 13 aromatic carbocycles. The number of nitrogens with zero attached hydrogens (tertiary/aromatic N) is 9. The molecule has 5 aliphatic heterocycles. The van der Waals surface area contributed by atoms with Gasteiger partial charge in [-0.15, -0.1) is 0 Å². The Morgan fingerprint density at radius 3 is 1.11 bits per heavy atom. The SMILES string of the molecule is CC(NC(=O)c1cccc(CN2C(=O)C(c3ccccc3)(c3ccccc3)N=C2N)c1)c1ccccc1.CCCS(=O)(=O)N1CCC[C@H](CN2C(=O)C(c3ccccc3)(c3ccccc3)N=C2N)C1.NC1=NC(c2ccccc2)(c2ccccc2)C(=O)N1Cc1cccc(NC(=O)C2C[C@H]2c2ccccc2)c1.NC1=NC(c2ccccc2)(c2ccccc2)C(=O)N1Cc1ccccc1. The van der Waals surface area contributed by atoms with E-state index < -0.39 is 32.2 Å². The Kier molecular flexibility index (Phi) is 27.5. The summed E-state index contributed by atoms with van der Waals surface area (Å²) >= 11 is 0. The largest absolute Gasteiger partial charge is 0.369 e. The van der Waals surface area contributed by atoms with Gasteiger partial charge in [-0.25, -0.2) is 32.7 Å². The Balaban J connectivity index is 0.000000130. The number of anilines is 1. The van der Waals surface area contributed by atoms with E-state index in [4.69, 9.17) is 37.9 Å². The zero-order valence-electron chi connectivity index (χ0n) is 74.0. The molecule has 0 bridgehead atoms. The number of rotatable bonds is 25. The van der Waals surface area contributed by atoms with Crippen molar-refractivity contribution in [2.45, 2.75) is 93.3 Å². The molecule has 670 valence electrons. The lowest BCUT2D eigenvalue weighted by Gasteiger charge is -2.34. The van der Waals surface area contributed by atoms with Crippen LogP contribution in [0.15, 0.2) is 402 Å². The minimum atomic E-state index is -3.27. The first-order valence-electron chi connectivity index (χ1n) is 44.7. The van der Waals surface area contributed by atoms with Gasteiger partial charge in [-0.2, -0.15) is 0 Å². The number of amides is 6. The van der Waals surface area contributed by atoms with Gasteiger partial charge in [0.05, 0.1) is 31.4 Å². The van der Waals surface area contributed by atoms with Crippen molar-refractivity contribution in [1.29, 1.82) is 0 Å². The maximum Gasteiger partial charge on any atom is 0.266 e. The molecule has 1 saturated heterocycles. The first-order chi connectivity index (χ1) is 64.6. The Bertz CT molecular complexity index is 6380. The second kappa shape index (κ2) is 40.2. The molecule has 0 spiro atoms. The standard InChI is InChI=1S/C32H28N4O2.C31H28N4O2.C24H30N4O3S.C22H19N3O/c33-31-35-32(24-14-6-2-7-15-24,25-16-8-3-9-17-25)30(38)36(31)21-22-11-10-18-26(19-22)34-29(37)28-20-27(28)23-12-4-1-5-13-23;1-22(24-13-5-2-6-14-24)33-28(36)25-15-11-12-23(20-25)21-35-29(37)31(34-30(35)32,26-16-7-3-8-17-26)27-18-9-4-10-19-27;1-2-16-32(30,31)27-15-9-10-19(17-27)18-28-22(29)24(26-23(28)25,20-11-5-3-6-12-20)21-13-7-4-8-14-21;23-21-24-22(18-12-6-2-7-13-18,19-14-8-3-9-15-19)20(26)25(21)16-17-10-4-1-5-11-17/h1-19,27-28H,20-21H2,(H2,33,35)(H,34,37);2-20,22H,21H2,1H3,(H2,32,34)(H,33,36);3-8,11-14,19H,2,9-10,15-18H2,1H3,(H2,25,26);1-15H,16H2,(H2,23,24)/t27-,28?;;19-;/m0.0./s1. The summed E-state index contributed by atoms with van der Waals surface area (Å²) < 4.78 is 26.7. The minimum absolute atomic E-state index is 0.00966. The van der Waals surface area contributed by atoms with Gasteiger partial charge < -0.3 is 33.6 Å². The molecular weight excluding hydrogens is 1680 g/mol. The number of piperidine rings is 1. The zero-order chi connectivity index (χ0) is 92.7. The van der Waals surface area contributed by atoms with Crippen LogP contribution in [0.25, 0.3) is 0 Å². The van der Waals surface area contributed by atoms with Gasteiger partial charge in [0, 0.05) is 36.8 Å². The number of nitrogens with one attached hydrogen (secondary N) is 2. The fourth-order valence-electron chi connectivity index (χ4n) is 18.2. The normalized spacial score (nSPS) is 18.1. The third-order valence-electron chi connectivity index (χ3n) is 25.0. The average Bonchev–Trinajstić information content (AvgIpc) is 1.60. The maximum atomic E-state index is 14.0. The molecule has 10 N–H and O–H groups in total. The number of benzene rings is 13. The topological polar surface area (TPSA) is 330 Å². The van der Waals surface area contributed by atoms with Crippen molar-refractivity contribution in [2.24, 2.45) is 54.7 Å². The Morgan fingerprint density at radius 2 is 0.729 bits per heavy atom. The summed E-state index contributed by atoms with van der Waals surface area (Å²) in [7, 11) is -3.27. The Labute approximate surface area is 775 Å². The van der Waals surface area contributed by atoms with Crippen LogP contribution in [0.2, 0.25) is 0 Å². The first kappa shape index (κ1) is 90.8. The summed E-state index contributed by atoms with van der Waals surface area (Å²) in [6.45, 7) is 5.96. The zero-order valence-corrected chi connectivity index (χ0v) is 74.8. The van der Waals surface area contributed by atoms with E-state index in [0.717, 1.165) is 86.0 Å². The fraction of sp³-hybridized carbons (Fsp3) is 0.193. The van der Waals surface area contributed by atoms with Crippen LogP contribution in [-0.4, -0.2) is 117 Å². The molecule has 133 heavy (non-hydrogen) atoms. The summed E-state index contributed by atoms with van der Waals surface area (Å²) in [4.78, 5) is 106. The van der Waals surface area contributed by atoms with Gasteiger partial charge in [0.15, 0.2) is 46.0 Å². The van der Waals surface area contributed by atoms with E-state index in [1.165, 1.54) is 15.4 Å². The van der Waals surface area contributed by atoms with Gasteiger partial charge in [0.2, 0.25) is 15.9 Å². The molecule has 0 aromatic heterocycles.